The second-order valence-electron chi connectivity index (χ2n) is 5.11. The highest BCUT2D eigenvalue weighted by atomic mass is 19.1. The van der Waals surface area contributed by atoms with E-state index in [4.69, 9.17) is 5.41 Å². The van der Waals surface area contributed by atoms with E-state index in [0.29, 0.717) is 11.6 Å². The van der Waals surface area contributed by atoms with Crippen LogP contribution in [-0.2, 0) is 0 Å². The molecular formula is C14H20BFN3. The first-order valence-corrected chi connectivity index (χ1v) is 6.70. The molecule has 0 unspecified atom stereocenters. The van der Waals surface area contributed by atoms with Gasteiger partial charge < -0.3 is 10.2 Å². The molecule has 1 heterocycles. The van der Waals surface area contributed by atoms with E-state index in [2.05, 4.69) is 17.1 Å². The Hall–Kier alpha value is -1.36. The summed E-state index contributed by atoms with van der Waals surface area (Å²) in [6, 6.07) is 0.408. The summed E-state index contributed by atoms with van der Waals surface area (Å²) in [4.78, 5) is 2.25. The molecule has 2 rings (SSSR count). The van der Waals surface area contributed by atoms with E-state index >= 15 is 0 Å². The molecule has 19 heavy (non-hydrogen) atoms. The Kier molecular flexibility index (Phi) is 4.25. The first-order valence-electron chi connectivity index (χ1n) is 6.70. The van der Waals surface area contributed by atoms with Crippen LogP contribution < -0.4 is 5.32 Å². The maximum atomic E-state index is 13.7. The molecule has 0 amide bonds. The lowest BCUT2D eigenvalue weighted by atomic mass is 9.77. The zero-order valence-corrected chi connectivity index (χ0v) is 11.8. The van der Waals surface area contributed by atoms with E-state index in [1.54, 1.807) is 0 Å². The molecule has 0 spiro atoms. The molecule has 2 N–H and O–H groups in total. The molecule has 1 fully saturated rings. The molecular weight excluding hydrogens is 240 g/mol. The molecule has 0 aromatic carbocycles. The number of nitrogens with one attached hydrogen (secondary N) is 2. The number of hydrogen-bond donors (Lipinski definition) is 2. The van der Waals surface area contributed by atoms with Gasteiger partial charge >= 0.3 is 0 Å². The Labute approximate surface area is 115 Å². The van der Waals surface area contributed by atoms with Crippen LogP contribution in [0.5, 0.6) is 0 Å². The normalized spacial score (nSPS) is 26.8. The van der Waals surface area contributed by atoms with Gasteiger partial charge in [-0.25, -0.2) is 4.39 Å². The van der Waals surface area contributed by atoms with Gasteiger partial charge in [0.25, 0.3) is 0 Å². The third kappa shape index (κ3) is 2.81. The second kappa shape index (κ2) is 5.74. The highest BCUT2D eigenvalue weighted by molar-refractivity contribution is 6.42. The van der Waals surface area contributed by atoms with Crippen LogP contribution in [0, 0.1) is 5.41 Å². The van der Waals surface area contributed by atoms with E-state index in [1.807, 2.05) is 27.0 Å². The van der Waals surface area contributed by atoms with Crippen LogP contribution in [0.15, 0.2) is 34.7 Å². The molecule has 1 aliphatic carbocycles. The van der Waals surface area contributed by atoms with Gasteiger partial charge in [-0.1, -0.05) is 6.82 Å². The van der Waals surface area contributed by atoms with E-state index in [0.717, 1.165) is 30.9 Å². The average molecular weight is 260 g/mol. The lowest BCUT2D eigenvalue weighted by Crippen LogP contribution is -2.49. The van der Waals surface area contributed by atoms with Gasteiger partial charge in [0, 0.05) is 36.9 Å². The quantitative estimate of drug-likeness (QED) is 0.746. The maximum absolute atomic E-state index is 13.7. The molecule has 3 nitrogen and oxygen atoms in total. The highest BCUT2D eigenvalue weighted by Crippen LogP contribution is 2.30. The van der Waals surface area contributed by atoms with Gasteiger partial charge in [0.1, 0.15) is 13.1 Å². The van der Waals surface area contributed by atoms with Crippen LogP contribution in [0.1, 0.15) is 13.8 Å². The fourth-order valence-corrected chi connectivity index (χ4v) is 2.67. The fourth-order valence-electron chi connectivity index (χ4n) is 2.67. The highest BCUT2D eigenvalue weighted by Gasteiger charge is 2.27. The number of piperazine rings is 1. The van der Waals surface area contributed by atoms with Gasteiger partial charge in [-0.3, -0.25) is 5.41 Å². The Balaban J connectivity index is 2.40. The summed E-state index contributed by atoms with van der Waals surface area (Å²) < 4.78 is 13.7. The lowest BCUT2D eigenvalue weighted by Gasteiger charge is -2.38. The smallest absolute Gasteiger partial charge is 0.149 e. The summed E-state index contributed by atoms with van der Waals surface area (Å²) in [6.45, 7) is 8.64. The summed E-state index contributed by atoms with van der Waals surface area (Å²) in [5.41, 5.74) is 2.58. The van der Waals surface area contributed by atoms with E-state index < -0.39 is 5.83 Å². The molecule has 101 valence electrons. The topological polar surface area (TPSA) is 39.1 Å². The van der Waals surface area contributed by atoms with Crippen molar-refractivity contribution in [2.45, 2.75) is 26.7 Å². The molecule has 2 aliphatic rings. The summed E-state index contributed by atoms with van der Waals surface area (Å²) in [5, 5.41) is 11.3. The van der Waals surface area contributed by atoms with Crippen molar-refractivity contribution in [3.63, 3.8) is 0 Å². The van der Waals surface area contributed by atoms with Crippen molar-refractivity contribution in [1.29, 1.82) is 5.41 Å². The van der Waals surface area contributed by atoms with Crippen LogP contribution in [0.25, 0.3) is 0 Å². The summed E-state index contributed by atoms with van der Waals surface area (Å²) in [5.74, 6) is 1.39. The minimum absolute atomic E-state index is 0.00937. The van der Waals surface area contributed by atoms with Crippen LogP contribution in [0.3, 0.4) is 0 Å². The zero-order valence-electron chi connectivity index (χ0n) is 11.8. The van der Waals surface area contributed by atoms with Crippen molar-refractivity contribution in [1.82, 2.24) is 10.2 Å². The van der Waals surface area contributed by atoms with Gasteiger partial charge in [-0.2, -0.15) is 0 Å². The van der Waals surface area contributed by atoms with Crippen LogP contribution in [0.2, 0.25) is 6.82 Å². The third-order valence-electron chi connectivity index (χ3n) is 3.50. The third-order valence-corrected chi connectivity index (χ3v) is 3.50. The van der Waals surface area contributed by atoms with Crippen molar-refractivity contribution in [3.8, 4) is 0 Å². The molecule has 1 atom stereocenters. The Morgan fingerprint density at radius 3 is 2.95 bits per heavy atom. The minimum atomic E-state index is -0.447. The molecule has 1 aliphatic heterocycles. The molecule has 0 bridgehead atoms. The number of hydrogen-bond acceptors (Lipinski definition) is 3. The van der Waals surface area contributed by atoms with Crippen LogP contribution in [-0.4, -0.2) is 43.6 Å². The number of rotatable bonds is 2. The standard InChI is InChI=1S/C14H20BFN3/c1-9-6-12(16)13(17)11(7-15-3)14(9)19-5-4-18-10(2)8-19/h6-7,10,17-18H,4-5,8H2,1-3H3/b11-7+,17-13?/t10-/m0/s1. The van der Waals surface area contributed by atoms with E-state index in [9.17, 15) is 4.39 Å². The summed E-state index contributed by atoms with van der Waals surface area (Å²) in [6.07, 6.45) is 1.47. The first kappa shape index (κ1) is 14.1. The predicted molar refractivity (Wildman–Crippen MR) is 78.4 cm³/mol. The monoisotopic (exact) mass is 260 g/mol. The van der Waals surface area contributed by atoms with Crippen molar-refractivity contribution >= 4 is 13.0 Å². The molecule has 0 aromatic heterocycles. The second-order valence-corrected chi connectivity index (χ2v) is 5.11. The van der Waals surface area contributed by atoms with Gasteiger partial charge in [-0.05, 0) is 25.5 Å². The number of nitrogens with zero attached hydrogens (tertiary/aromatic N) is 1. The van der Waals surface area contributed by atoms with E-state index in [-0.39, 0.29) is 5.71 Å². The maximum Gasteiger partial charge on any atom is 0.149 e. The van der Waals surface area contributed by atoms with Crippen LogP contribution >= 0.6 is 0 Å². The average Bonchev–Trinajstić information content (AvgIpc) is 2.36. The Bertz CT molecular complexity index is 479. The van der Waals surface area contributed by atoms with Gasteiger partial charge in [0.05, 0.1) is 5.71 Å². The number of halogens is 1. The lowest BCUT2D eigenvalue weighted by molar-refractivity contribution is 0.259. The molecule has 0 aromatic rings. The summed E-state index contributed by atoms with van der Waals surface area (Å²) in [7, 11) is 1.86. The SMILES string of the molecule is C[B]/C=C1\C(=N)C(F)=CC(C)=C1N1CCN[C@@H](C)C1. The Morgan fingerprint density at radius 2 is 2.32 bits per heavy atom. The van der Waals surface area contributed by atoms with Crippen molar-refractivity contribution < 1.29 is 4.39 Å². The zero-order chi connectivity index (χ0) is 14.0. The fraction of sp³-hybridized carbons (Fsp3) is 0.500. The number of allylic oxidation sites excluding steroid dienone is 4. The van der Waals surface area contributed by atoms with E-state index in [1.165, 1.54) is 6.08 Å². The van der Waals surface area contributed by atoms with Gasteiger partial charge in [0.2, 0.25) is 0 Å². The molecule has 1 saturated heterocycles. The Morgan fingerprint density at radius 1 is 1.58 bits per heavy atom. The largest absolute Gasteiger partial charge is 0.368 e. The molecule has 5 heteroatoms. The molecule has 1 radical (unpaired) electrons. The first-order chi connectivity index (χ1) is 9.04. The summed E-state index contributed by atoms with van der Waals surface area (Å²) >= 11 is 0. The van der Waals surface area contributed by atoms with Crippen molar-refractivity contribution in [2.24, 2.45) is 0 Å². The molecule has 0 saturated carbocycles. The van der Waals surface area contributed by atoms with Gasteiger partial charge in [-0.15, -0.1) is 5.98 Å². The predicted octanol–water partition coefficient (Wildman–Crippen LogP) is 2.08. The minimum Gasteiger partial charge on any atom is -0.368 e. The van der Waals surface area contributed by atoms with Crippen molar-refractivity contribution in [2.75, 3.05) is 19.6 Å². The van der Waals surface area contributed by atoms with Crippen LogP contribution in [0.4, 0.5) is 4.39 Å². The van der Waals surface area contributed by atoms with Gasteiger partial charge in [0.15, 0.2) is 0 Å². The van der Waals surface area contributed by atoms with Crippen molar-refractivity contribution in [3.05, 3.63) is 34.7 Å².